The highest BCUT2D eigenvalue weighted by molar-refractivity contribution is 5.86. The smallest absolute Gasteiger partial charge is 0.0152 e. The van der Waals surface area contributed by atoms with Crippen molar-refractivity contribution in [2.24, 2.45) is 0 Å². The first kappa shape index (κ1) is 18.7. The first-order valence-corrected chi connectivity index (χ1v) is 8.79. The average molecular weight is 300 g/mol. The monoisotopic (exact) mass is 299 g/mol. The number of hydrogen-bond donors (Lipinski definition) is 1. The Hall–Kier alpha value is -1.34. The minimum Gasteiger partial charge on any atom is -0.344 e. The Bertz CT molecular complexity index is 545. The maximum atomic E-state index is 2.38. The predicted molar refractivity (Wildman–Crippen MR) is 100 cm³/mol. The third kappa shape index (κ3) is 5.81. The van der Waals surface area contributed by atoms with E-state index in [0.717, 1.165) is 0 Å². The van der Waals surface area contributed by atoms with Gasteiger partial charge in [0, 0.05) is 0 Å². The van der Waals surface area contributed by atoms with Gasteiger partial charge >= 0.3 is 0 Å². The van der Waals surface area contributed by atoms with E-state index in [2.05, 4.69) is 50.2 Å². The van der Waals surface area contributed by atoms with Gasteiger partial charge in [-0.15, -0.1) is 0 Å². The van der Waals surface area contributed by atoms with Crippen molar-refractivity contribution in [3.63, 3.8) is 0 Å². The molecule has 0 aliphatic heterocycles. The lowest BCUT2D eigenvalue weighted by Gasteiger charge is -2.08. The van der Waals surface area contributed by atoms with Gasteiger partial charge in [0.1, 0.15) is 0 Å². The molecular formula is C21H33N. The Balaban J connectivity index is 0.00000242. The lowest BCUT2D eigenvalue weighted by atomic mass is 9.97. The maximum absolute atomic E-state index is 2.38. The predicted octanol–water partition coefficient (Wildman–Crippen LogP) is 6.99. The van der Waals surface area contributed by atoms with Gasteiger partial charge in [-0.25, -0.2) is 0 Å². The number of rotatable bonds is 9. The molecule has 0 bridgehead atoms. The molecular weight excluding hydrogens is 266 g/mol. The number of unbranched alkanes of at least 4 members (excludes halogenated alkanes) is 7. The van der Waals surface area contributed by atoms with Gasteiger partial charge in [0.05, 0.1) is 0 Å². The van der Waals surface area contributed by atoms with Crippen LogP contribution in [0.3, 0.4) is 0 Å². The van der Waals surface area contributed by atoms with Gasteiger partial charge in [0.15, 0.2) is 0 Å². The summed E-state index contributed by atoms with van der Waals surface area (Å²) in [4.78, 5) is 0. The van der Waals surface area contributed by atoms with E-state index in [1.54, 1.807) is 0 Å². The zero-order valence-electron chi connectivity index (χ0n) is 14.5. The van der Waals surface area contributed by atoms with Crippen LogP contribution in [0.15, 0.2) is 36.4 Å². The quantitative estimate of drug-likeness (QED) is 0.497. The second-order valence-corrected chi connectivity index (χ2v) is 6.37. The molecule has 122 valence electrons. The summed E-state index contributed by atoms with van der Waals surface area (Å²) >= 11 is 0. The molecule has 0 saturated heterocycles. The highest BCUT2D eigenvalue weighted by Crippen LogP contribution is 2.23. The summed E-state index contributed by atoms with van der Waals surface area (Å²) in [5.74, 6) is 0. The molecule has 0 aliphatic rings. The van der Waals surface area contributed by atoms with E-state index in [0.29, 0.717) is 0 Å². The largest absolute Gasteiger partial charge is 0.344 e. The van der Waals surface area contributed by atoms with Crippen molar-refractivity contribution >= 4 is 10.8 Å². The van der Waals surface area contributed by atoms with Gasteiger partial charge in [0.2, 0.25) is 0 Å². The van der Waals surface area contributed by atoms with Crippen LogP contribution in [0.1, 0.15) is 69.4 Å². The van der Waals surface area contributed by atoms with Gasteiger partial charge < -0.3 is 6.15 Å². The number of benzene rings is 2. The molecule has 2 aromatic rings. The van der Waals surface area contributed by atoms with Crippen LogP contribution in [0.2, 0.25) is 0 Å². The molecule has 0 atom stereocenters. The third-order valence-electron chi connectivity index (χ3n) is 4.39. The SMILES string of the molecule is CCCCCCCCCCc1cc(C)cc2ccccc12.N. The number of hydrogen-bond acceptors (Lipinski definition) is 1. The average Bonchev–Trinajstić information content (AvgIpc) is 2.49. The standard InChI is InChI=1S/C21H30.H3N/c1-3-4-5-6-7-8-9-10-13-19-16-18(2)17-20-14-11-12-15-21(19)20;/h11-12,14-17H,3-10,13H2,1-2H3;1H3. The van der Waals surface area contributed by atoms with Crippen LogP contribution in [0.5, 0.6) is 0 Å². The van der Waals surface area contributed by atoms with Crippen LogP contribution in [0, 0.1) is 6.92 Å². The summed E-state index contributed by atoms with van der Waals surface area (Å²) in [6.45, 7) is 4.50. The number of aryl methyl sites for hydroxylation is 2. The van der Waals surface area contributed by atoms with Crippen molar-refractivity contribution in [1.29, 1.82) is 0 Å². The van der Waals surface area contributed by atoms with E-state index < -0.39 is 0 Å². The molecule has 0 heterocycles. The minimum absolute atomic E-state index is 0. The summed E-state index contributed by atoms with van der Waals surface area (Å²) in [5.41, 5.74) is 2.93. The normalized spacial score (nSPS) is 10.6. The van der Waals surface area contributed by atoms with E-state index in [1.165, 1.54) is 79.7 Å². The zero-order chi connectivity index (χ0) is 14.9. The molecule has 1 heteroatoms. The summed E-state index contributed by atoms with van der Waals surface area (Å²) in [6, 6.07) is 13.5. The molecule has 0 unspecified atom stereocenters. The van der Waals surface area contributed by atoms with E-state index in [9.17, 15) is 0 Å². The van der Waals surface area contributed by atoms with Gasteiger partial charge in [-0.2, -0.15) is 0 Å². The molecule has 0 aliphatic carbocycles. The van der Waals surface area contributed by atoms with Gasteiger partial charge in [-0.1, -0.05) is 93.8 Å². The lowest BCUT2D eigenvalue weighted by molar-refractivity contribution is 0.576. The van der Waals surface area contributed by atoms with E-state index >= 15 is 0 Å². The van der Waals surface area contributed by atoms with Crippen molar-refractivity contribution in [3.8, 4) is 0 Å². The molecule has 2 rings (SSSR count). The Morgan fingerprint density at radius 1 is 0.773 bits per heavy atom. The topological polar surface area (TPSA) is 35.0 Å². The third-order valence-corrected chi connectivity index (χ3v) is 4.39. The highest BCUT2D eigenvalue weighted by Gasteiger charge is 2.02. The molecule has 2 aromatic carbocycles. The van der Waals surface area contributed by atoms with Crippen LogP contribution >= 0.6 is 0 Å². The molecule has 0 amide bonds. The van der Waals surface area contributed by atoms with Gasteiger partial charge in [-0.05, 0) is 36.1 Å². The van der Waals surface area contributed by atoms with Crippen molar-refractivity contribution in [2.45, 2.75) is 71.6 Å². The highest BCUT2D eigenvalue weighted by atomic mass is 14.1. The molecule has 0 saturated carbocycles. The molecule has 0 aromatic heterocycles. The van der Waals surface area contributed by atoms with Crippen LogP contribution in [0.25, 0.3) is 10.8 Å². The Kier molecular flexibility index (Phi) is 8.84. The Labute approximate surface area is 136 Å². The van der Waals surface area contributed by atoms with Crippen LogP contribution in [-0.4, -0.2) is 0 Å². The van der Waals surface area contributed by atoms with Crippen LogP contribution < -0.4 is 6.15 Å². The molecule has 3 N–H and O–H groups in total. The molecule has 0 spiro atoms. The van der Waals surface area contributed by atoms with E-state index in [1.807, 2.05) is 0 Å². The Morgan fingerprint density at radius 3 is 2.14 bits per heavy atom. The molecule has 0 radical (unpaired) electrons. The van der Waals surface area contributed by atoms with E-state index in [-0.39, 0.29) is 6.15 Å². The first-order valence-electron chi connectivity index (χ1n) is 8.79. The minimum atomic E-state index is 0. The molecule has 1 nitrogen and oxygen atoms in total. The van der Waals surface area contributed by atoms with Crippen LogP contribution in [-0.2, 0) is 6.42 Å². The van der Waals surface area contributed by atoms with Gasteiger partial charge in [-0.3, -0.25) is 0 Å². The first-order chi connectivity index (χ1) is 10.3. The number of fused-ring (bicyclic) bond motifs is 1. The molecule has 22 heavy (non-hydrogen) atoms. The van der Waals surface area contributed by atoms with Crippen molar-refractivity contribution < 1.29 is 0 Å². The second kappa shape index (κ2) is 10.4. The summed E-state index contributed by atoms with van der Waals surface area (Å²) in [7, 11) is 0. The Morgan fingerprint density at radius 2 is 1.41 bits per heavy atom. The summed E-state index contributed by atoms with van der Waals surface area (Å²) < 4.78 is 0. The summed E-state index contributed by atoms with van der Waals surface area (Å²) in [5, 5.41) is 2.85. The fourth-order valence-electron chi connectivity index (χ4n) is 3.21. The summed E-state index contributed by atoms with van der Waals surface area (Å²) in [6.07, 6.45) is 12.4. The zero-order valence-corrected chi connectivity index (χ0v) is 14.5. The van der Waals surface area contributed by atoms with Crippen LogP contribution in [0.4, 0.5) is 0 Å². The van der Waals surface area contributed by atoms with E-state index in [4.69, 9.17) is 0 Å². The van der Waals surface area contributed by atoms with Crippen molar-refractivity contribution in [1.82, 2.24) is 6.15 Å². The fraction of sp³-hybridized carbons (Fsp3) is 0.524. The molecule has 0 fully saturated rings. The van der Waals surface area contributed by atoms with Crippen molar-refractivity contribution in [2.75, 3.05) is 0 Å². The van der Waals surface area contributed by atoms with Crippen molar-refractivity contribution in [3.05, 3.63) is 47.5 Å². The lowest BCUT2D eigenvalue weighted by Crippen LogP contribution is -1.90. The second-order valence-electron chi connectivity index (χ2n) is 6.37. The fourth-order valence-corrected chi connectivity index (χ4v) is 3.21. The van der Waals surface area contributed by atoms with Gasteiger partial charge in [0.25, 0.3) is 0 Å². The maximum Gasteiger partial charge on any atom is -0.0152 e.